The monoisotopic (exact) mass is 147 g/mol. The fraction of sp³-hybridized carbons (Fsp3) is 0. The molecule has 0 aromatic carbocycles. The zero-order valence-corrected chi connectivity index (χ0v) is 6.08. The van der Waals surface area contributed by atoms with Crippen molar-refractivity contribution in [3.63, 3.8) is 0 Å². The van der Waals surface area contributed by atoms with Crippen LogP contribution in [0.1, 0.15) is 0 Å². The molecule has 0 spiro atoms. The van der Waals surface area contributed by atoms with E-state index in [1.54, 1.807) is 18.4 Å². The molecule has 1 rings (SSSR count). The topological polar surface area (TPSA) is 29.1 Å². The van der Waals surface area contributed by atoms with Gasteiger partial charge in [-0.25, -0.2) is 0 Å². The highest BCUT2D eigenvalue weighted by Crippen LogP contribution is 1.97. The van der Waals surface area contributed by atoms with E-state index in [0.29, 0.717) is 5.70 Å². The van der Waals surface area contributed by atoms with Gasteiger partial charge in [0.15, 0.2) is 0 Å². The van der Waals surface area contributed by atoms with Crippen LogP contribution in [0.15, 0.2) is 48.9 Å². The summed E-state index contributed by atoms with van der Waals surface area (Å²) >= 11 is 0. The summed E-state index contributed by atoms with van der Waals surface area (Å²) < 4.78 is 0. The Hall–Kier alpha value is -1.57. The van der Waals surface area contributed by atoms with Gasteiger partial charge in [-0.15, -0.1) is 0 Å². The Morgan fingerprint density at radius 1 is 1.45 bits per heavy atom. The van der Waals surface area contributed by atoms with Crippen molar-refractivity contribution in [3.8, 4) is 0 Å². The average molecular weight is 147 g/mol. The highest BCUT2D eigenvalue weighted by Gasteiger charge is 2.01. The van der Waals surface area contributed by atoms with E-state index in [4.69, 9.17) is 0 Å². The quantitative estimate of drug-likeness (QED) is 0.596. The van der Waals surface area contributed by atoms with Crippen LogP contribution in [0.25, 0.3) is 0 Å². The molecule has 0 amide bonds. The molecular formula is C9H9NO. The fourth-order valence-corrected chi connectivity index (χ4v) is 0.721. The predicted molar refractivity (Wildman–Crippen MR) is 44.7 cm³/mol. The number of nitrogens with one attached hydrogen (secondary N) is 1. The lowest BCUT2D eigenvalue weighted by molar-refractivity contribution is -0.111. The lowest BCUT2D eigenvalue weighted by Crippen LogP contribution is -2.12. The molecule has 1 heterocycles. The molecule has 1 N–H and O–H groups in total. The molecule has 0 aromatic heterocycles. The Morgan fingerprint density at radius 3 is 3.00 bits per heavy atom. The second-order valence-electron chi connectivity index (χ2n) is 2.04. The minimum Gasteiger partial charge on any atom is -0.359 e. The first kappa shape index (κ1) is 7.54. The molecule has 56 valence electrons. The first-order chi connectivity index (χ1) is 5.34. The normalized spacial score (nSPS) is 14.7. The molecule has 0 atom stereocenters. The second-order valence-corrected chi connectivity index (χ2v) is 2.04. The number of allylic oxidation sites excluding steroid dienone is 5. The van der Waals surface area contributed by atoms with E-state index in [1.807, 2.05) is 12.2 Å². The summed E-state index contributed by atoms with van der Waals surface area (Å²) in [6.07, 6.45) is 10.2. The van der Waals surface area contributed by atoms with E-state index in [1.165, 1.54) is 6.08 Å². The van der Waals surface area contributed by atoms with Crippen LogP contribution in [-0.2, 0) is 4.79 Å². The van der Waals surface area contributed by atoms with Crippen molar-refractivity contribution in [2.45, 2.75) is 0 Å². The van der Waals surface area contributed by atoms with Crippen LogP contribution >= 0.6 is 0 Å². The van der Waals surface area contributed by atoms with Crippen LogP contribution < -0.4 is 5.32 Å². The number of carbonyl (C=O) groups is 1. The number of hydrogen-bond acceptors (Lipinski definition) is 2. The third-order valence-electron chi connectivity index (χ3n) is 1.27. The summed E-state index contributed by atoms with van der Waals surface area (Å²) in [7, 11) is 0. The third-order valence-corrected chi connectivity index (χ3v) is 1.27. The molecule has 0 radical (unpaired) electrons. The molecule has 0 bridgehead atoms. The predicted octanol–water partition coefficient (Wildman–Crippen LogP) is 1.30. The molecule has 2 nitrogen and oxygen atoms in total. The van der Waals surface area contributed by atoms with Crippen molar-refractivity contribution in [2.24, 2.45) is 0 Å². The Labute approximate surface area is 65.6 Å². The van der Waals surface area contributed by atoms with Gasteiger partial charge in [0, 0.05) is 6.20 Å². The molecule has 11 heavy (non-hydrogen) atoms. The van der Waals surface area contributed by atoms with E-state index in [9.17, 15) is 4.79 Å². The van der Waals surface area contributed by atoms with Crippen LogP contribution in [-0.4, -0.2) is 5.78 Å². The van der Waals surface area contributed by atoms with E-state index in [2.05, 4.69) is 11.9 Å². The summed E-state index contributed by atoms with van der Waals surface area (Å²) in [6, 6.07) is 0. The average Bonchev–Trinajstić information content (AvgIpc) is 2.30. The van der Waals surface area contributed by atoms with Crippen molar-refractivity contribution in [1.29, 1.82) is 0 Å². The summed E-state index contributed by atoms with van der Waals surface area (Å²) in [5.74, 6) is -0.0961. The van der Waals surface area contributed by atoms with Gasteiger partial charge in [-0.3, -0.25) is 4.79 Å². The van der Waals surface area contributed by atoms with Crippen LogP contribution in [0.4, 0.5) is 0 Å². The molecule has 0 unspecified atom stereocenters. The summed E-state index contributed by atoms with van der Waals surface area (Å²) in [4.78, 5) is 11.0. The SMILES string of the molecule is C=CC(=O)C1=CC=CC=CN1. The van der Waals surface area contributed by atoms with Crippen molar-refractivity contribution < 1.29 is 4.79 Å². The Morgan fingerprint density at radius 2 is 2.27 bits per heavy atom. The molecule has 0 fully saturated rings. The molecule has 1 aliphatic heterocycles. The van der Waals surface area contributed by atoms with Crippen molar-refractivity contribution in [2.75, 3.05) is 0 Å². The standard InChI is InChI=1S/C9H9NO/c1-2-9(11)8-6-4-3-5-7-10-8/h2-7,10H,1H2. The molecular weight excluding hydrogens is 138 g/mol. The van der Waals surface area contributed by atoms with Crippen LogP contribution in [0, 0.1) is 0 Å². The van der Waals surface area contributed by atoms with E-state index in [0.717, 1.165) is 0 Å². The van der Waals surface area contributed by atoms with Gasteiger partial charge in [0.05, 0.1) is 5.70 Å². The van der Waals surface area contributed by atoms with E-state index < -0.39 is 0 Å². The van der Waals surface area contributed by atoms with Gasteiger partial charge in [-0.2, -0.15) is 0 Å². The van der Waals surface area contributed by atoms with E-state index in [-0.39, 0.29) is 5.78 Å². The third kappa shape index (κ3) is 1.93. The zero-order valence-electron chi connectivity index (χ0n) is 6.08. The number of carbonyl (C=O) groups excluding carboxylic acids is 1. The zero-order chi connectivity index (χ0) is 8.10. The summed E-state index contributed by atoms with van der Waals surface area (Å²) in [6.45, 7) is 3.39. The molecule has 0 aliphatic carbocycles. The van der Waals surface area contributed by atoms with Gasteiger partial charge in [0.2, 0.25) is 5.78 Å². The van der Waals surface area contributed by atoms with Crippen molar-refractivity contribution >= 4 is 5.78 Å². The minimum absolute atomic E-state index is 0.0961. The molecule has 1 aliphatic rings. The Kier molecular flexibility index (Phi) is 2.44. The highest BCUT2D eigenvalue weighted by atomic mass is 16.1. The summed E-state index contributed by atoms with van der Waals surface area (Å²) in [5.41, 5.74) is 0.546. The molecule has 0 aromatic rings. The lowest BCUT2D eigenvalue weighted by Gasteiger charge is -1.98. The molecule has 0 saturated carbocycles. The largest absolute Gasteiger partial charge is 0.359 e. The first-order valence-electron chi connectivity index (χ1n) is 3.31. The van der Waals surface area contributed by atoms with Gasteiger partial charge in [-0.05, 0) is 18.2 Å². The molecule has 0 saturated heterocycles. The van der Waals surface area contributed by atoms with Gasteiger partial charge in [0.1, 0.15) is 0 Å². The van der Waals surface area contributed by atoms with Crippen molar-refractivity contribution in [1.82, 2.24) is 5.32 Å². The maximum atomic E-state index is 11.0. The molecule has 2 heteroatoms. The fourth-order valence-electron chi connectivity index (χ4n) is 0.721. The number of ketones is 1. The smallest absolute Gasteiger partial charge is 0.201 e. The van der Waals surface area contributed by atoms with Gasteiger partial charge >= 0.3 is 0 Å². The Balaban J connectivity index is 2.79. The van der Waals surface area contributed by atoms with Crippen LogP contribution in [0.3, 0.4) is 0 Å². The Bertz CT molecular complexity index is 259. The first-order valence-corrected chi connectivity index (χ1v) is 3.31. The van der Waals surface area contributed by atoms with E-state index >= 15 is 0 Å². The van der Waals surface area contributed by atoms with Gasteiger partial charge < -0.3 is 5.32 Å². The van der Waals surface area contributed by atoms with Crippen LogP contribution in [0.5, 0.6) is 0 Å². The maximum Gasteiger partial charge on any atom is 0.201 e. The highest BCUT2D eigenvalue weighted by molar-refractivity contribution is 6.03. The number of rotatable bonds is 2. The maximum absolute atomic E-state index is 11.0. The van der Waals surface area contributed by atoms with Gasteiger partial charge in [0.25, 0.3) is 0 Å². The summed E-state index contributed by atoms with van der Waals surface area (Å²) in [5, 5.41) is 2.83. The number of hydrogen-bond donors (Lipinski definition) is 1. The van der Waals surface area contributed by atoms with Crippen LogP contribution in [0.2, 0.25) is 0 Å². The second kappa shape index (κ2) is 3.56. The van der Waals surface area contributed by atoms with Crippen molar-refractivity contribution in [3.05, 3.63) is 48.9 Å². The lowest BCUT2D eigenvalue weighted by atomic mass is 10.2. The minimum atomic E-state index is -0.0961. The van der Waals surface area contributed by atoms with Gasteiger partial charge in [-0.1, -0.05) is 18.7 Å².